The van der Waals surface area contributed by atoms with Gasteiger partial charge in [0.1, 0.15) is 5.01 Å². The Bertz CT molecular complexity index is 485. The fourth-order valence-electron chi connectivity index (χ4n) is 1.58. The van der Waals surface area contributed by atoms with Crippen LogP contribution in [-0.2, 0) is 5.60 Å². The van der Waals surface area contributed by atoms with Crippen LogP contribution in [0, 0.1) is 6.92 Å². The molecule has 0 radical (unpaired) electrons. The molecule has 4 heteroatoms. The minimum atomic E-state index is -0.831. The molecule has 0 aromatic carbocycles. The Morgan fingerprint density at radius 1 is 1.38 bits per heavy atom. The molecule has 84 valence electrons. The number of aliphatic hydroxyl groups is 1. The predicted octanol–water partition coefficient (Wildman–Crippen LogP) is 2.74. The van der Waals surface area contributed by atoms with Crippen molar-refractivity contribution in [3.63, 3.8) is 0 Å². The smallest absolute Gasteiger partial charge is 0.125 e. The Morgan fingerprint density at radius 2 is 2.12 bits per heavy atom. The highest BCUT2D eigenvalue weighted by molar-refractivity contribution is 7.15. The summed E-state index contributed by atoms with van der Waals surface area (Å²) in [5.41, 5.74) is 1.05. The summed E-state index contributed by atoms with van der Waals surface area (Å²) in [4.78, 5) is 9.44. The summed E-state index contributed by atoms with van der Waals surface area (Å²) in [7, 11) is 0. The van der Waals surface area contributed by atoms with Crippen molar-refractivity contribution >= 4 is 11.3 Å². The Hall–Kier alpha value is -1.26. The van der Waals surface area contributed by atoms with Gasteiger partial charge < -0.3 is 5.11 Å². The standard InChI is InChI=1S/C12H14N2OS/c1-8-10(12(2,3)15)16-11(14-8)9-5-4-6-13-7-9/h4-7,15H,1-3H3. The molecule has 0 aliphatic rings. The first-order valence-electron chi connectivity index (χ1n) is 5.09. The van der Waals surface area contributed by atoms with Gasteiger partial charge in [-0.05, 0) is 32.9 Å². The molecule has 0 aliphatic heterocycles. The molecule has 0 aliphatic carbocycles. The van der Waals surface area contributed by atoms with Gasteiger partial charge >= 0.3 is 0 Å². The molecule has 2 rings (SSSR count). The first-order chi connectivity index (χ1) is 7.48. The lowest BCUT2D eigenvalue weighted by molar-refractivity contribution is 0.0817. The highest BCUT2D eigenvalue weighted by Gasteiger charge is 2.23. The molecule has 16 heavy (non-hydrogen) atoms. The zero-order valence-corrected chi connectivity index (χ0v) is 10.4. The van der Waals surface area contributed by atoms with Crippen molar-refractivity contribution in [1.29, 1.82) is 0 Å². The Kier molecular flexibility index (Phi) is 2.78. The van der Waals surface area contributed by atoms with Gasteiger partial charge in [-0.1, -0.05) is 0 Å². The molecule has 0 bridgehead atoms. The molecule has 2 heterocycles. The molecule has 2 aromatic heterocycles. The van der Waals surface area contributed by atoms with Crippen LogP contribution in [0.4, 0.5) is 0 Å². The number of thiazole rings is 1. The van der Waals surface area contributed by atoms with Crippen molar-refractivity contribution in [3.05, 3.63) is 35.1 Å². The van der Waals surface area contributed by atoms with Gasteiger partial charge in [-0.15, -0.1) is 11.3 Å². The van der Waals surface area contributed by atoms with Crippen molar-refractivity contribution in [2.24, 2.45) is 0 Å². The predicted molar refractivity (Wildman–Crippen MR) is 65.3 cm³/mol. The zero-order valence-electron chi connectivity index (χ0n) is 9.56. The third-order valence-corrected chi connectivity index (χ3v) is 3.78. The molecule has 2 aromatic rings. The van der Waals surface area contributed by atoms with E-state index in [0.717, 1.165) is 21.1 Å². The van der Waals surface area contributed by atoms with Gasteiger partial charge in [0, 0.05) is 18.0 Å². The lowest BCUT2D eigenvalue weighted by atomic mass is 10.1. The molecule has 0 spiro atoms. The van der Waals surface area contributed by atoms with Crippen LogP contribution in [0.1, 0.15) is 24.4 Å². The SMILES string of the molecule is Cc1nc(-c2cccnc2)sc1C(C)(C)O. The van der Waals surface area contributed by atoms with Crippen LogP contribution in [0.15, 0.2) is 24.5 Å². The Labute approximate surface area is 98.8 Å². The van der Waals surface area contributed by atoms with Gasteiger partial charge in [0.05, 0.1) is 16.2 Å². The minimum Gasteiger partial charge on any atom is -0.385 e. The zero-order chi connectivity index (χ0) is 11.8. The van der Waals surface area contributed by atoms with Gasteiger partial charge in [-0.3, -0.25) is 4.98 Å². The van der Waals surface area contributed by atoms with E-state index >= 15 is 0 Å². The van der Waals surface area contributed by atoms with E-state index in [1.165, 1.54) is 11.3 Å². The van der Waals surface area contributed by atoms with Crippen LogP contribution in [0.3, 0.4) is 0 Å². The number of pyridine rings is 1. The van der Waals surface area contributed by atoms with Crippen molar-refractivity contribution in [3.8, 4) is 10.6 Å². The first-order valence-corrected chi connectivity index (χ1v) is 5.91. The van der Waals surface area contributed by atoms with E-state index < -0.39 is 5.60 Å². The van der Waals surface area contributed by atoms with Crippen LogP contribution >= 0.6 is 11.3 Å². The Morgan fingerprint density at radius 3 is 2.62 bits per heavy atom. The summed E-state index contributed by atoms with van der Waals surface area (Å²) < 4.78 is 0. The molecule has 0 fully saturated rings. The first kappa shape index (κ1) is 11.2. The second-order valence-corrected chi connectivity index (χ2v) is 5.23. The van der Waals surface area contributed by atoms with Gasteiger partial charge in [0.2, 0.25) is 0 Å². The molecular formula is C12H14N2OS. The van der Waals surface area contributed by atoms with Crippen molar-refractivity contribution in [2.45, 2.75) is 26.4 Å². The number of aryl methyl sites for hydroxylation is 1. The molecule has 0 amide bonds. The second kappa shape index (κ2) is 3.96. The highest BCUT2D eigenvalue weighted by atomic mass is 32.1. The van der Waals surface area contributed by atoms with Gasteiger partial charge in [0.25, 0.3) is 0 Å². The van der Waals surface area contributed by atoms with E-state index in [0.29, 0.717) is 0 Å². The molecule has 0 saturated carbocycles. The fourth-order valence-corrected chi connectivity index (χ4v) is 2.63. The summed E-state index contributed by atoms with van der Waals surface area (Å²) in [6, 6.07) is 3.86. The Balaban J connectivity index is 2.47. The molecule has 1 N–H and O–H groups in total. The summed E-state index contributed by atoms with van der Waals surface area (Å²) >= 11 is 1.52. The number of hydrogen-bond acceptors (Lipinski definition) is 4. The summed E-state index contributed by atoms with van der Waals surface area (Å²) in [5, 5.41) is 10.9. The van der Waals surface area contributed by atoms with Crippen LogP contribution in [0.5, 0.6) is 0 Å². The van der Waals surface area contributed by atoms with Crippen molar-refractivity contribution in [1.82, 2.24) is 9.97 Å². The quantitative estimate of drug-likeness (QED) is 0.869. The van der Waals surface area contributed by atoms with E-state index in [4.69, 9.17) is 0 Å². The van der Waals surface area contributed by atoms with Gasteiger partial charge in [-0.25, -0.2) is 4.98 Å². The summed E-state index contributed by atoms with van der Waals surface area (Å²) in [6.07, 6.45) is 3.52. The monoisotopic (exact) mass is 234 g/mol. The van der Waals surface area contributed by atoms with Crippen LogP contribution in [0.25, 0.3) is 10.6 Å². The van der Waals surface area contributed by atoms with E-state index in [9.17, 15) is 5.11 Å². The fraction of sp³-hybridized carbons (Fsp3) is 0.333. The maximum atomic E-state index is 9.98. The summed E-state index contributed by atoms with van der Waals surface area (Å²) in [6.45, 7) is 5.48. The van der Waals surface area contributed by atoms with E-state index in [1.807, 2.05) is 19.1 Å². The molecule has 0 saturated heterocycles. The second-order valence-electron chi connectivity index (χ2n) is 4.23. The minimum absolute atomic E-state index is 0.831. The largest absolute Gasteiger partial charge is 0.385 e. The van der Waals surface area contributed by atoms with Crippen LogP contribution in [-0.4, -0.2) is 15.1 Å². The number of hydrogen-bond donors (Lipinski definition) is 1. The molecule has 3 nitrogen and oxygen atoms in total. The maximum absolute atomic E-state index is 9.98. The maximum Gasteiger partial charge on any atom is 0.125 e. The third-order valence-electron chi connectivity index (χ3n) is 2.26. The van der Waals surface area contributed by atoms with E-state index in [2.05, 4.69) is 9.97 Å². The molecule has 0 unspecified atom stereocenters. The topological polar surface area (TPSA) is 46.0 Å². The van der Waals surface area contributed by atoms with Crippen molar-refractivity contribution < 1.29 is 5.11 Å². The normalized spacial score (nSPS) is 11.8. The van der Waals surface area contributed by atoms with E-state index in [1.54, 1.807) is 26.2 Å². The molecular weight excluding hydrogens is 220 g/mol. The lowest BCUT2D eigenvalue weighted by Crippen LogP contribution is -2.14. The van der Waals surface area contributed by atoms with Gasteiger partial charge in [-0.2, -0.15) is 0 Å². The third kappa shape index (κ3) is 2.13. The number of rotatable bonds is 2. The molecule has 0 atom stereocenters. The van der Waals surface area contributed by atoms with Crippen LogP contribution < -0.4 is 0 Å². The van der Waals surface area contributed by atoms with Gasteiger partial charge in [0.15, 0.2) is 0 Å². The average Bonchev–Trinajstić information content (AvgIpc) is 2.61. The van der Waals surface area contributed by atoms with E-state index in [-0.39, 0.29) is 0 Å². The highest BCUT2D eigenvalue weighted by Crippen LogP contribution is 2.33. The lowest BCUT2D eigenvalue weighted by Gasteiger charge is -2.14. The summed E-state index contributed by atoms with van der Waals surface area (Å²) in [5.74, 6) is 0. The number of aromatic nitrogens is 2. The number of nitrogens with zero attached hydrogens (tertiary/aromatic N) is 2. The van der Waals surface area contributed by atoms with Crippen molar-refractivity contribution in [2.75, 3.05) is 0 Å². The average molecular weight is 234 g/mol. The van der Waals surface area contributed by atoms with Crippen LogP contribution in [0.2, 0.25) is 0 Å².